The lowest BCUT2D eigenvalue weighted by molar-refractivity contribution is -0.116. The first-order chi connectivity index (χ1) is 14.7. The Hall–Kier alpha value is -2.52. The van der Waals surface area contributed by atoms with Crippen LogP contribution in [0.4, 0.5) is 20.2 Å². The van der Waals surface area contributed by atoms with Crippen LogP contribution in [0.25, 0.3) is 0 Å². The van der Waals surface area contributed by atoms with Crippen LogP contribution in [0, 0.1) is 11.6 Å². The van der Waals surface area contributed by atoms with E-state index < -0.39 is 21.5 Å². The monoisotopic (exact) mass is 451 g/mol. The Bertz CT molecular complexity index is 1060. The normalized spacial score (nSPS) is 15.5. The van der Waals surface area contributed by atoms with E-state index in [1.165, 1.54) is 6.07 Å². The summed E-state index contributed by atoms with van der Waals surface area (Å²) in [6, 6.07) is 7.20. The zero-order valence-electron chi connectivity index (χ0n) is 17.7. The van der Waals surface area contributed by atoms with Gasteiger partial charge in [-0.3, -0.25) is 4.79 Å². The van der Waals surface area contributed by atoms with Gasteiger partial charge in [0.2, 0.25) is 15.7 Å². The van der Waals surface area contributed by atoms with Crippen LogP contribution in [-0.2, 0) is 14.6 Å². The van der Waals surface area contributed by atoms with E-state index in [1.54, 1.807) is 12.1 Å². The Morgan fingerprint density at radius 3 is 2.52 bits per heavy atom. The summed E-state index contributed by atoms with van der Waals surface area (Å²) in [5.74, 6) is -2.68. The minimum Gasteiger partial charge on any atom is -0.370 e. The van der Waals surface area contributed by atoms with E-state index in [0.29, 0.717) is 12.5 Å². The number of carbonyl (C=O) groups excluding carboxylic acids is 1. The van der Waals surface area contributed by atoms with Crippen molar-refractivity contribution < 1.29 is 22.0 Å². The maximum atomic E-state index is 13.7. The molecule has 0 bridgehead atoms. The van der Waals surface area contributed by atoms with Gasteiger partial charge in [-0.2, -0.15) is 0 Å². The number of benzene rings is 2. The van der Waals surface area contributed by atoms with Crippen LogP contribution in [0.5, 0.6) is 0 Å². The van der Waals surface area contributed by atoms with E-state index in [-0.39, 0.29) is 27.8 Å². The maximum Gasteiger partial charge on any atom is 0.224 e. The van der Waals surface area contributed by atoms with Gasteiger partial charge in [0.15, 0.2) is 11.6 Å². The van der Waals surface area contributed by atoms with E-state index in [9.17, 15) is 22.0 Å². The maximum absolute atomic E-state index is 13.7. The van der Waals surface area contributed by atoms with Crippen LogP contribution in [-0.4, -0.2) is 52.5 Å². The highest BCUT2D eigenvalue weighted by Gasteiger charge is 2.25. The molecule has 1 fully saturated rings. The summed E-state index contributed by atoms with van der Waals surface area (Å²) in [5.41, 5.74) is 0.935. The van der Waals surface area contributed by atoms with Gasteiger partial charge in [-0.15, -0.1) is 0 Å². The molecule has 1 saturated heterocycles. The number of nitrogens with one attached hydrogen (secondary N) is 1. The highest BCUT2D eigenvalue weighted by molar-refractivity contribution is 7.91. The molecule has 1 aliphatic heterocycles. The lowest BCUT2D eigenvalue weighted by Gasteiger charge is -2.24. The topological polar surface area (TPSA) is 69.7 Å². The van der Waals surface area contributed by atoms with Crippen LogP contribution in [0.2, 0.25) is 0 Å². The van der Waals surface area contributed by atoms with Crippen molar-refractivity contribution in [2.24, 2.45) is 0 Å². The second-order valence-electron chi connectivity index (χ2n) is 7.70. The highest BCUT2D eigenvalue weighted by Crippen LogP contribution is 2.32. The van der Waals surface area contributed by atoms with Crippen molar-refractivity contribution in [1.29, 1.82) is 0 Å². The number of anilines is 2. The van der Waals surface area contributed by atoms with Gasteiger partial charge in [-0.05, 0) is 62.8 Å². The number of hydrogen-bond donors (Lipinski definition) is 1. The standard InChI is InChI=1S/C22H27F2N3O3S/c1-3-5-22(28)25-20-14-16(27-11-4-10-26(2)12-13-27)6-9-21(20)31(29,30)17-7-8-18(23)19(24)15-17/h6-9,14-15H,3-5,10-13H2,1-2H3,(H,25,28). The third kappa shape index (κ3) is 5.40. The summed E-state index contributed by atoms with van der Waals surface area (Å²) in [5, 5.41) is 2.69. The summed E-state index contributed by atoms with van der Waals surface area (Å²) in [6.07, 6.45) is 1.81. The van der Waals surface area contributed by atoms with Crippen molar-refractivity contribution in [2.75, 3.05) is 43.4 Å². The molecule has 1 aliphatic rings. The number of rotatable bonds is 6. The van der Waals surface area contributed by atoms with Crippen molar-refractivity contribution in [2.45, 2.75) is 36.0 Å². The van der Waals surface area contributed by atoms with Crippen LogP contribution in [0.3, 0.4) is 0 Å². The molecule has 0 radical (unpaired) electrons. The molecule has 3 rings (SSSR count). The number of carbonyl (C=O) groups is 1. The first kappa shape index (κ1) is 23.1. The smallest absolute Gasteiger partial charge is 0.224 e. The van der Waals surface area contributed by atoms with E-state index in [0.717, 1.165) is 50.4 Å². The molecule has 2 aromatic carbocycles. The molecule has 0 unspecified atom stereocenters. The van der Waals surface area contributed by atoms with Gasteiger partial charge in [0.1, 0.15) is 0 Å². The predicted molar refractivity (Wildman–Crippen MR) is 116 cm³/mol. The molecule has 31 heavy (non-hydrogen) atoms. The van der Waals surface area contributed by atoms with Crippen molar-refractivity contribution >= 4 is 27.1 Å². The summed E-state index contributed by atoms with van der Waals surface area (Å²) >= 11 is 0. The van der Waals surface area contributed by atoms with Gasteiger partial charge in [0.05, 0.1) is 15.5 Å². The number of amides is 1. The molecular formula is C22H27F2N3O3S. The Kier molecular flexibility index (Phi) is 7.27. The first-order valence-electron chi connectivity index (χ1n) is 10.3. The largest absolute Gasteiger partial charge is 0.370 e. The van der Waals surface area contributed by atoms with E-state index in [2.05, 4.69) is 22.2 Å². The van der Waals surface area contributed by atoms with Crippen molar-refractivity contribution in [1.82, 2.24) is 4.90 Å². The van der Waals surface area contributed by atoms with Gasteiger partial charge in [-0.25, -0.2) is 17.2 Å². The average Bonchev–Trinajstić information content (AvgIpc) is 2.94. The van der Waals surface area contributed by atoms with Gasteiger partial charge in [0.25, 0.3) is 0 Å². The lowest BCUT2D eigenvalue weighted by Crippen LogP contribution is -2.29. The Morgan fingerprint density at radius 1 is 1.03 bits per heavy atom. The third-order valence-corrected chi connectivity index (χ3v) is 7.10. The number of likely N-dealkylation sites (N-methyl/N-ethyl adjacent to an activating group) is 1. The van der Waals surface area contributed by atoms with Crippen molar-refractivity contribution in [3.8, 4) is 0 Å². The molecule has 6 nitrogen and oxygen atoms in total. The molecule has 0 spiro atoms. The molecule has 0 atom stereocenters. The van der Waals surface area contributed by atoms with Crippen molar-refractivity contribution in [3.05, 3.63) is 48.0 Å². The molecule has 0 saturated carbocycles. The molecule has 168 valence electrons. The second kappa shape index (κ2) is 9.74. The number of halogens is 2. The summed E-state index contributed by atoms with van der Waals surface area (Å²) in [7, 11) is -2.13. The van der Waals surface area contributed by atoms with Crippen LogP contribution >= 0.6 is 0 Å². The molecule has 2 aromatic rings. The predicted octanol–water partition coefficient (Wildman–Crippen LogP) is 3.68. The van der Waals surface area contributed by atoms with Gasteiger partial charge in [0, 0.05) is 31.7 Å². The minimum atomic E-state index is -4.18. The molecular weight excluding hydrogens is 424 g/mol. The SMILES string of the molecule is CCCC(=O)Nc1cc(N2CCCN(C)CC2)ccc1S(=O)(=O)c1ccc(F)c(F)c1. The zero-order chi connectivity index (χ0) is 22.6. The highest BCUT2D eigenvalue weighted by atomic mass is 32.2. The number of sulfone groups is 1. The van der Waals surface area contributed by atoms with Crippen LogP contribution < -0.4 is 10.2 Å². The minimum absolute atomic E-state index is 0.137. The quantitative estimate of drug-likeness (QED) is 0.679. The molecule has 1 heterocycles. The Labute approximate surface area is 181 Å². The average molecular weight is 452 g/mol. The lowest BCUT2D eigenvalue weighted by atomic mass is 10.2. The Morgan fingerprint density at radius 2 is 1.81 bits per heavy atom. The fourth-order valence-corrected chi connectivity index (χ4v) is 4.97. The molecule has 0 aliphatic carbocycles. The fraction of sp³-hybridized carbons (Fsp3) is 0.409. The van der Waals surface area contributed by atoms with E-state index >= 15 is 0 Å². The summed E-state index contributed by atoms with van der Waals surface area (Å²) < 4.78 is 53.4. The van der Waals surface area contributed by atoms with E-state index in [1.807, 2.05) is 6.92 Å². The Balaban J connectivity index is 2.03. The third-order valence-electron chi connectivity index (χ3n) is 5.29. The number of nitrogens with zero attached hydrogens (tertiary/aromatic N) is 2. The van der Waals surface area contributed by atoms with Crippen molar-refractivity contribution in [3.63, 3.8) is 0 Å². The van der Waals surface area contributed by atoms with E-state index in [4.69, 9.17) is 0 Å². The van der Waals surface area contributed by atoms with Crippen LogP contribution in [0.1, 0.15) is 26.2 Å². The summed E-state index contributed by atoms with van der Waals surface area (Å²) in [6.45, 7) is 5.27. The van der Waals surface area contributed by atoms with Gasteiger partial charge in [-0.1, -0.05) is 6.92 Å². The van der Waals surface area contributed by atoms with Gasteiger partial charge < -0.3 is 15.1 Å². The molecule has 1 N–H and O–H groups in total. The van der Waals surface area contributed by atoms with Crippen LogP contribution in [0.15, 0.2) is 46.2 Å². The number of hydrogen-bond acceptors (Lipinski definition) is 5. The second-order valence-corrected chi connectivity index (χ2v) is 9.62. The molecule has 1 amide bonds. The van der Waals surface area contributed by atoms with Gasteiger partial charge >= 0.3 is 0 Å². The zero-order valence-corrected chi connectivity index (χ0v) is 18.5. The molecule has 0 aromatic heterocycles. The fourth-order valence-electron chi connectivity index (χ4n) is 3.56. The first-order valence-corrected chi connectivity index (χ1v) is 11.8. The summed E-state index contributed by atoms with van der Waals surface area (Å²) in [4.78, 5) is 16.1. The molecule has 9 heteroatoms.